The Kier molecular flexibility index (Phi) is 6.29. The average Bonchev–Trinajstić information content (AvgIpc) is 2.73. The molecule has 1 saturated heterocycles. The van der Waals surface area contributed by atoms with Gasteiger partial charge in [0.1, 0.15) is 0 Å². The van der Waals surface area contributed by atoms with Gasteiger partial charge < -0.3 is 5.32 Å². The first-order valence-electron chi connectivity index (χ1n) is 9.42. The van der Waals surface area contributed by atoms with Crippen molar-refractivity contribution in [2.45, 2.75) is 37.0 Å². The molecule has 0 unspecified atom stereocenters. The topological polar surface area (TPSA) is 66.5 Å². The van der Waals surface area contributed by atoms with E-state index in [0.717, 1.165) is 24.8 Å². The third kappa shape index (κ3) is 4.76. The molecule has 6 heteroatoms. The number of sulfonamides is 1. The Morgan fingerprint density at radius 2 is 1.74 bits per heavy atom. The monoisotopic (exact) mass is 386 g/mol. The van der Waals surface area contributed by atoms with Crippen molar-refractivity contribution in [3.63, 3.8) is 0 Å². The normalized spacial score (nSPS) is 16.6. The van der Waals surface area contributed by atoms with Gasteiger partial charge in [0, 0.05) is 25.2 Å². The standard InChI is InChI=1S/C21H26N2O3S/c1-17(18-9-4-2-5-10-18)16-22-21(24)19-11-8-12-20(15-19)27(25,26)23-13-6-3-7-14-23/h2,4-5,8-12,15,17H,3,6-7,13-14,16H2,1H3,(H,22,24)/t17-/m0/s1. The van der Waals surface area contributed by atoms with Crippen LogP contribution in [0.4, 0.5) is 0 Å². The molecule has 1 aliphatic heterocycles. The highest BCUT2D eigenvalue weighted by atomic mass is 32.2. The van der Waals surface area contributed by atoms with Gasteiger partial charge in [-0.05, 0) is 42.5 Å². The second-order valence-corrected chi connectivity index (χ2v) is 8.95. The molecule has 0 radical (unpaired) electrons. The van der Waals surface area contributed by atoms with E-state index >= 15 is 0 Å². The van der Waals surface area contributed by atoms with E-state index in [-0.39, 0.29) is 16.7 Å². The lowest BCUT2D eigenvalue weighted by atomic mass is 10.0. The molecule has 1 N–H and O–H groups in total. The van der Waals surface area contributed by atoms with Crippen molar-refractivity contribution in [3.05, 3.63) is 65.7 Å². The van der Waals surface area contributed by atoms with Crippen LogP contribution in [-0.4, -0.2) is 38.3 Å². The van der Waals surface area contributed by atoms with Crippen molar-refractivity contribution >= 4 is 15.9 Å². The molecule has 0 aromatic heterocycles. The highest BCUT2D eigenvalue weighted by Crippen LogP contribution is 2.21. The van der Waals surface area contributed by atoms with Crippen LogP contribution >= 0.6 is 0 Å². The number of nitrogens with zero attached hydrogens (tertiary/aromatic N) is 1. The Morgan fingerprint density at radius 3 is 2.44 bits per heavy atom. The van der Waals surface area contributed by atoms with Crippen molar-refractivity contribution < 1.29 is 13.2 Å². The molecule has 1 heterocycles. The van der Waals surface area contributed by atoms with Gasteiger partial charge in [0.15, 0.2) is 0 Å². The van der Waals surface area contributed by atoms with Crippen LogP contribution in [0.15, 0.2) is 59.5 Å². The Labute approximate surface area is 161 Å². The van der Waals surface area contributed by atoms with E-state index in [1.54, 1.807) is 18.2 Å². The molecule has 0 bridgehead atoms. The summed E-state index contributed by atoms with van der Waals surface area (Å²) in [5, 5.41) is 2.91. The second-order valence-electron chi connectivity index (χ2n) is 7.01. The summed E-state index contributed by atoms with van der Waals surface area (Å²) < 4.78 is 27.1. The first-order chi connectivity index (χ1) is 13.0. The predicted molar refractivity (Wildman–Crippen MR) is 106 cm³/mol. The van der Waals surface area contributed by atoms with Gasteiger partial charge in [0.25, 0.3) is 5.91 Å². The average molecular weight is 387 g/mol. The molecule has 5 nitrogen and oxygen atoms in total. The van der Waals surface area contributed by atoms with Crippen molar-refractivity contribution in [1.82, 2.24) is 9.62 Å². The summed E-state index contributed by atoms with van der Waals surface area (Å²) in [5.74, 6) is -0.0797. The van der Waals surface area contributed by atoms with Crippen molar-refractivity contribution in [1.29, 1.82) is 0 Å². The second kappa shape index (κ2) is 8.67. The Balaban J connectivity index is 1.68. The first-order valence-corrected chi connectivity index (χ1v) is 10.9. The molecule has 3 rings (SSSR count). The first kappa shape index (κ1) is 19.6. The molecule has 1 aliphatic rings. The van der Waals surface area contributed by atoms with Crippen LogP contribution in [0.25, 0.3) is 0 Å². The lowest BCUT2D eigenvalue weighted by molar-refractivity contribution is 0.0951. The minimum absolute atomic E-state index is 0.176. The zero-order valence-electron chi connectivity index (χ0n) is 15.6. The number of hydrogen-bond donors (Lipinski definition) is 1. The third-order valence-electron chi connectivity index (χ3n) is 4.99. The zero-order valence-corrected chi connectivity index (χ0v) is 16.4. The summed E-state index contributed by atoms with van der Waals surface area (Å²) in [6.45, 7) is 3.64. The summed E-state index contributed by atoms with van der Waals surface area (Å²) in [4.78, 5) is 12.7. The van der Waals surface area contributed by atoms with Gasteiger partial charge in [-0.1, -0.05) is 49.7 Å². The van der Waals surface area contributed by atoms with Crippen LogP contribution in [0.2, 0.25) is 0 Å². The van der Waals surface area contributed by atoms with Gasteiger partial charge in [-0.3, -0.25) is 4.79 Å². The number of nitrogens with one attached hydrogen (secondary N) is 1. The maximum Gasteiger partial charge on any atom is 0.251 e. The van der Waals surface area contributed by atoms with Crippen LogP contribution in [0.5, 0.6) is 0 Å². The lowest BCUT2D eigenvalue weighted by Gasteiger charge is -2.26. The fourth-order valence-electron chi connectivity index (χ4n) is 3.30. The van der Waals surface area contributed by atoms with Gasteiger partial charge in [-0.25, -0.2) is 8.42 Å². The predicted octanol–water partition coefficient (Wildman–Crippen LogP) is 3.39. The smallest absolute Gasteiger partial charge is 0.251 e. The quantitative estimate of drug-likeness (QED) is 0.827. The third-order valence-corrected chi connectivity index (χ3v) is 6.88. The van der Waals surface area contributed by atoms with Crippen molar-refractivity contribution in [2.24, 2.45) is 0 Å². The van der Waals surface area contributed by atoms with E-state index in [0.29, 0.717) is 25.2 Å². The van der Waals surface area contributed by atoms with Gasteiger partial charge >= 0.3 is 0 Å². The zero-order chi connectivity index (χ0) is 19.3. The molecule has 1 amide bonds. The minimum Gasteiger partial charge on any atom is -0.351 e. The van der Waals surface area contributed by atoms with E-state index in [4.69, 9.17) is 0 Å². The number of carbonyl (C=O) groups excluding carboxylic acids is 1. The molecule has 27 heavy (non-hydrogen) atoms. The molecule has 2 aromatic carbocycles. The van der Waals surface area contributed by atoms with Gasteiger partial charge in [-0.2, -0.15) is 4.31 Å². The van der Waals surface area contributed by atoms with Crippen molar-refractivity contribution in [3.8, 4) is 0 Å². The van der Waals surface area contributed by atoms with Gasteiger partial charge in [0.2, 0.25) is 10.0 Å². The molecule has 144 valence electrons. The van der Waals surface area contributed by atoms with Crippen LogP contribution in [0, 0.1) is 0 Å². The number of hydrogen-bond acceptors (Lipinski definition) is 3. The summed E-state index contributed by atoms with van der Waals surface area (Å²) in [5.41, 5.74) is 1.52. The summed E-state index contributed by atoms with van der Waals surface area (Å²) >= 11 is 0. The number of benzene rings is 2. The highest BCUT2D eigenvalue weighted by Gasteiger charge is 2.26. The molecule has 2 aromatic rings. The van der Waals surface area contributed by atoms with Crippen LogP contribution in [0.3, 0.4) is 0 Å². The molecule has 1 atom stereocenters. The van der Waals surface area contributed by atoms with Crippen LogP contribution < -0.4 is 5.32 Å². The fraction of sp³-hybridized carbons (Fsp3) is 0.381. The van der Waals surface area contributed by atoms with E-state index in [1.807, 2.05) is 37.3 Å². The summed E-state index contributed by atoms with van der Waals surface area (Å²) in [7, 11) is -3.54. The van der Waals surface area contributed by atoms with E-state index in [1.165, 1.54) is 10.4 Å². The SMILES string of the molecule is C[C@@H](CNC(=O)c1cccc(S(=O)(=O)N2CCCCC2)c1)c1ccccc1. The van der Waals surface area contributed by atoms with Gasteiger partial charge in [0.05, 0.1) is 4.90 Å². The maximum atomic E-state index is 12.8. The van der Waals surface area contributed by atoms with E-state index in [2.05, 4.69) is 5.32 Å². The highest BCUT2D eigenvalue weighted by molar-refractivity contribution is 7.89. The van der Waals surface area contributed by atoms with Crippen molar-refractivity contribution in [2.75, 3.05) is 19.6 Å². The van der Waals surface area contributed by atoms with E-state index in [9.17, 15) is 13.2 Å². The molecular weight excluding hydrogens is 360 g/mol. The Hall–Kier alpha value is -2.18. The van der Waals surface area contributed by atoms with Crippen LogP contribution in [0.1, 0.15) is 48.0 Å². The number of carbonyl (C=O) groups is 1. The summed E-state index contributed by atoms with van der Waals surface area (Å²) in [6, 6.07) is 16.3. The largest absolute Gasteiger partial charge is 0.351 e. The molecule has 0 spiro atoms. The molecular formula is C21H26N2O3S. The molecule has 1 fully saturated rings. The van der Waals surface area contributed by atoms with E-state index < -0.39 is 10.0 Å². The number of amides is 1. The Morgan fingerprint density at radius 1 is 1.04 bits per heavy atom. The molecule has 0 aliphatic carbocycles. The number of piperidine rings is 1. The van der Waals surface area contributed by atoms with Crippen LogP contribution in [-0.2, 0) is 10.0 Å². The summed E-state index contributed by atoms with van der Waals surface area (Å²) in [6.07, 6.45) is 2.83. The number of rotatable bonds is 6. The maximum absolute atomic E-state index is 12.8. The lowest BCUT2D eigenvalue weighted by Crippen LogP contribution is -2.35. The minimum atomic E-state index is -3.54. The Bertz CT molecular complexity index is 875. The van der Waals surface area contributed by atoms with Gasteiger partial charge in [-0.15, -0.1) is 0 Å². The molecule has 0 saturated carbocycles. The fourth-order valence-corrected chi connectivity index (χ4v) is 4.86.